The first kappa shape index (κ1) is 21.0. The van der Waals surface area contributed by atoms with Crippen LogP contribution >= 0.6 is 0 Å². The molecule has 0 aliphatic carbocycles. The quantitative estimate of drug-likeness (QED) is 0.717. The Hall–Kier alpha value is -3.88. The van der Waals surface area contributed by atoms with Gasteiger partial charge in [-0.1, -0.05) is 30.3 Å². The predicted molar refractivity (Wildman–Crippen MR) is 119 cm³/mol. The van der Waals surface area contributed by atoms with Gasteiger partial charge in [0, 0.05) is 37.3 Å². The maximum Gasteiger partial charge on any atom is 0.409 e. The van der Waals surface area contributed by atoms with E-state index in [1.165, 1.54) is 4.90 Å². The number of amides is 4. The highest BCUT2D eigenvalue weighted by atomic mass is 16.6. The minimum atomic E-state index is -0.666. The third-order valence-corrected chi connectivity index (χ3v) is 6.35. The lowest BCUT2D eigenvalue weighted by molar-refractivity contribution is -0.134. The molecule has 0 spiro atoms. The molecule has 2 aromatic rings. The van der Waals surface area contributed by atoms with Gasteiger partial charge in [-0.2, -0.15) is 0 Å². The Morgan fingerprint density at radius 3 is 2.24 bits per heavy atom. The molecule has 3 heterocycles. The molecule has 1 saturated heterocycles. The van der Waals surface area contributed by atoms with Gasteiger partial charge in [0.05, 0.1) is 17.9 Å². The standard InChI is InChI=1S/C24H24N4O5/c1-2-33-24(32)26-13-11-25(12-14-26)20(29)15-27-21-16-7-3-4-8-17(16)23(31)28(21)19-10-6-5-9-18(19)22(27)30/h3-10,21H,2,11-15H2,1H3/t21-/m1/s1. The van der Waals surface area contributed by atoms with Crippen LogP contribution in [0.2, 0.25) is 0 Å². The first-order valence-electron chi connectivity index (χ1n) is 11.0. The van der Waals surface area contributed by atoms with Gasteiger partial charge in [0.15, 0.2) is 0 Å². The minimum absolute atomic E-state index is 0.157. The average Bonchev–Trinajstić information content (AvgIpc) is 3.14. The third-order valence-electron chi connectivity index (χ3n) is 6.35. The zero-order valence-corrected chi connectivity index (χ0v) is 18.3. The van der Waals surface area contributed by atoms with E-state index in [4.69, 9.17) is 4.74 Å². The highest BCUT2D eigenvalue weighted by Crippen LogP contribution is 2.45. The summed E-state index contributed by atoms with van der Waals surface area (Å²) in [6.45, 7) is 3.36. The number of anilines is 1. The SMILES string of the molecule is CCOC(=O)N1CCN(C(=O)CN2C(=O)c3ccccc3N3C(=O)c4ccccc4[C@H]23)CC1. The topological polar surface area (TPSA) is 90.5 Å². The number of carbonyl (C=O) groups is 4. The zero-order chi connectivity index (χ0) is 23.1. The lowest BCUT2D eigenvalue weighted by Crippen LogP contribution is -2.55. The van der Waals surface area contributed by atoms with Crippen LogP contribution in [0.5, 0.6) is 0 Å². The number of ether oxygens (including phenoxy) is 1. The number of rotatable bonds is 3. The molecule has 1 atom stereocenters. The normalized spacial score (nSPS) is 19.2. The van der Waals surface area contributed by atoms with Crippen LogP contribution in [0.1, 0.15) is 39.4 Å². The van der Waals surface area contributed by atoms with Crippen molar-refractivity contribution < 1.29 is 23.9 Å². The number of fused-ring (bicyclic) bond motifs is 5. The Kier molecular flexibility index (Phi) is 5.24. The van der Waals surface area contributed by atoms with Gasteiger partial charge in [-0.15, -0.1) is 0 Å². The molecule has 3 aliphatic rings. The molecule has 9 heteroatoms. The van der Waals surface area contributed by atoms with Crippen LogP contribution in [0.25, 0.3) is 0 Å². The Morgan fingerprint density at radius 1 is 0.879 bits per heavy atom. The second kappa shape index (κ2) is 8.23. The van der Waals surface area contributed by atoms with Crippen LogP contribution in [0.3, 0.4) is 0 Å². The smallest absolute Gasteiger partial charge is 0.409 e. The molecular formula is C24H24N4O5. The monoisotopic (exact) mass is 448 g/mol. The van der Waals surface area contributed by atoms with E-state index in [9.17, 15) is 19.2 Å². The van der Waals surface area contributed by atoms with Crippen molar-refractivity contribution in [2.45, 2.75) is 13.1 Å². The number of nitrogens with zero attached hydrogens (tertiary/aromatic N) is 4. The molecule has 33 heavy (non-hydrogen) atoms. The van der Waals surface area contributed by atoms with Crippen LogP contribution in [-0.4, -0.2) is 77.8 Å². The minimum Gasteiger partial charge on any atom is -0.450 e. The van der Waals surface area contributed by atoms with Crippen LogP contribution in [0.4, 0.5) is 10.5 Å². The first-order chi connectivity index (χ1) is 16.0. The van der Waals surface area contributed by atoms with E-state index in [0.29, 0.717) is 55.2 Å². The van der Waals surface area contributed by atoms with E-state index in [0.717, 1.165) is 0 Å². The maximum atomic E-state index is 13.5. The average molecular weight is 448 g/mol. The fraction of sp³-hybridized carbons (Fsp3) is 0.333. The van der Waals surface area contributed by atoms with E-state index in [2.05, 4.69) is 0 Å². The number of carbonyl (C=O) groups excluding carboxylic acids is 4. The highest BCUT2D eigenvalue weighted by molar-refractivity contribution is 6.17. The summed E-state index contributed by atoms with van der Waals surface area (Å²) < 4.78 is 5.03. The summed E-state index contributed by atoms with van der Waals surface area (Å²) in [4.78, 5) is 58.1. The lowest BCUT2D eigenvalue weighted by Gasteiger charge is -2.42. The van der Waals surface area contributed by atoms with Crippen molar-refractivity contribution in [3.63, 3.8) is 0 Å². The molecule has 0 N–H and O–H groups in total. The van der Waals surface area contributed by atoms with E-state index < -0.39 is 6.17 Å². The van der Waals surface area contributed by atoms with E-state index >= 15 is 0 Å². The molecule has 0 radical (unpaired) electrons. The molecule has 0 saturated carbocycles. The van der Waals surface area contributed by atoms with Crippen LogP contribution in [0, 0.1) is 0 Å². The Balaban J connectivity index is 1.40. The third kappa shape index (κ3) is 3.40. The van der Waals surface area contributed by atoms with Gasteiger partial charge < -0.3 is 19.4 Å². The van der Waals surface area contributed by atoms with Gasteiger partial charge in [0.25, 0.3) is 11.8 Å². The van der Waals surface area contributed by atoms with Crippen LogP contribution in [-0.2, 0) is 9.53 Å². The molecule has 3 aliphatic heterocycles. The zero-order valence-electron chi connectivity index (χ0n) is 18.3. The molecule has 5 rings (SSSR count). The largest absolute Gasteiger partial charge is 0.450 e. The summed E-state index contributed by atoms with van der Waals surface area (Å²) in [6.07, 6.45) is -1.05. The van der Waals surface area contributed by atoms with Gasteiger partial charge >= 0.3 is 6.09 Å². The fourth-order valence-corrected chi connectivity index (χ4v) is 4.73. The summed E-state index contributed by atoms with van der Waals surface area (Å²) in [7, 11) is 0. The Morgan fingerprint density at radius 2 is 1.52 bits per heavy atom. The summed E-state index contributed by atoms with van der Waals surface area (Å²) >= 11 is 0. The molecule has 0 aromatic heterocycles. The van der Waals surface area contributed by atoms with Crippen molar-refractivity contribution in [2.24, 2.45) is 0 Å². The van der Waals surface area contributed by atoms with Crippen molar-refractivity contribution in [1.29, 1.82) is 0 Å². The number of para-hydroxylation sites is 1. The van der Waals surface area contributed by atoms with Gasteiger partial charge in [0.2, 0.25) is 5.91 Å². The molecule has 2 aromatic carbocycles. The van der Waals surface area contributed by atoms with E-state index in [1.54, 1.807) is 58.0 Å². The number of piperazine rings is 1. The van der Waals surface area contributed by atoms with E-state index in [-0.39, 0.29) is 30.4 Å². The van der Waals surface area contributed by atoms with Crippen molar-refractivity contribution >= 4 is 29.5 Å². The molecule has 170 valence electrons. The van der Waals surface area contributed by atoms with Crippen molar-refractivity contribution in [3.05, 3.63) is 65.2 Å². The maximum absolute atomic E-state index is 13.5. The lowest BCUT2D eigenvalue weighted by atomic mass is 10.0. The summed E-state index contributed by atoms with van der Waals surface area (Å²) in [5.74, 6) is -0.686. The van der Waals surface area contributed by atoms with Gasteiger partial charge in [0.1, 0.15) is 12.7 Å². The van der Waals surface area contributed by atoms with Crippen molar-refractivity contribution in [3.8, 4) is 0 Å². The van der Waals surface area contributed by atoms with Crippen LogP contribution in [0.15, 0.2) is 48.5 Å². The molecular weight excluding hydrogens is 424 g/mol. The van der Waals surface area contributed by atoms with Gasteiger partial charge in [-0.3, -0.25) is 19.3 Å². The second-order valence-corrected chi connectivity index (χ2v) is 8.15. The number of hydrogen-bond donors (Lipinski definition) is 0. The highest BCUT2D eigenvalue weighted by Gasteiger charge is 2.48. The predicted octanol–water partition coefficient (Wildman–Crippen LogP) is 2.10. The second-order valence-electron chi connectivity index (χ2n) is 8.15. The number of hydrogen-bond acceptors (Lipinski definition) is 5. The molecule has 9 nitrogen and oxygen atoms in total. The molecule has 4 amide bonds. The van der Waals surface area contributed by atoms with Crippen LogP contribution < -0.4 is 4.90 Å². The summed E-state index contributed by atoms with van der Waals surface area (Å²) in [6, 6.07) is 14.2. The molecule has 0 unspecified atom stereocenters. The van der Waals surface area contributed by atoms with Gasteiger partial charge in [-0.05, 0) is 25.1 Å². The Labute approximate surface area is 191 Å². The van der Waals surface area contributed by atoms with Crippen molar-refractivity contribution in [1.82, 2.24) is 14.7 Å². The summed E-state index contributed by atoms with van der Waals surface area (Å²) in [5.41, 5.74) is 2.20. The fourth-order valence-electron chi connectivity index (χ4n) is 4.73. The number of benzene rings is 2. The summed E-state index contributed by atoms with van der Waals surface area (Å²) in [5, 5.41) is 0. The molecule has 0 bridgehead atoms. The molecule has 1 fully saturated rings. The van der Waals surface area contributed by atoms with E-state index in [1.807, 2.05) is 12.1 Å². The van der Waals surface area contributed by atoms with Crippen molar-refractivity contribution in [2.75, 3.05) is 44.2 Å². The Bertz CT molecular complexity index is 1140. The van der Waals surface area contributed by atoms with Gasteiger partial charge in [-0.25, -0.2) is 4.79 Å². The first-order valence-corrected chi connectivity index (χ1v) is 11.0.